The van der Waals surface area contributed by atoms with Crippen molar-refractivity contribution in [3.05, 3.63) is 0 Å². The highest BCUT2D eigenvalue weighted by molar-refractivity contribution is 5.77. The quantitative estimate of drug-likeness (QED) is 0.346. The predicted molar refractivity (Wildman–Crippen MR) is 64.5 cm³/mol. The summed E-state index contributed by atoms with van der Waals surface area (Å²) in [6.45, 7) is 4.71. The summed E-state index contributed by atoms with van der Waals surface area (Å²) in [6, 6.07) is 0.432. The minimum atomic E-state index is -0.252. The van der Waals surface area contributed by atoms with Crippen LogP contribution in [0.3, 0.4) is 0 Å². The Morgan fingerprint density at radius 1 is 1.47 bits per heavy atom. The van der Waals surface area contributed by atoms with E-state index in [1.54, 1.807) is 0 Å². The molecule has 1 aliphatic heterocycles. The van der Waals surface area contributed by atoms with E-state index in [4.69, 9.17) is 11.6 Å². The van der Waals surface area contributed by atoms with Crippen LogP contribution in [0.1, 0.15) is 33.1 Å². The molecular weight excluding hydrogens is 220 g/mol. The first-order valence-corrected chi connectivity index (χ1v) is 6.00. The first kappa shape index (κ1) is 13.9. The Morgan fingerprint density at radius 2 is 2.12 bits per heavy atom. The molecular formula is C11H22N4O2. The molecule has 6 heteroatoms. The number of hydrogen-bond donors (Lipinski definition) is 3. The average molecular weight is 242 g/mol. The average Bonchev–Trinajstić information content (AvgIpc) is 2.28. The van der Waals surface area contributed by atoms with Crippen molar-refractivity contribution in [3.8, 4) is 0 Å². The van der Waals surface area contributed by atoms with E-state index in [2.05, 4.69) is 17.2 Å². The second-order valence-corrected chi connectivity index (χ2v) is 4.84. The maximum Gasteiger partial charge on any atom is 0.235 e. The van der Waals surface area contributed by atoms with Gasteiger partial charge in [-0.3, -0.25) is 19.9 Å². The van der Waals surface area contributed by atoms with Gasteiger partial charge in [0.15, 0.2) is 0 Å². The zero-order chi connectivity index (χ0) is 13.0. The van der Waals surface area contributed by atoms with Crippen LogP contribution in [0.4, 0.5) is 0 Å². The second kappa shape index (κ2) is 5.97. The lowest BCUT2D eigenvalue weighted by Gasteiger charge is -2.40. The summed E-state index contributed by atoms with van der Waals surface area (Å²) in [5.74, 6) is 4.52. The fourth-order valence-electron chi connectivity index (χ4n) is 2.43. The van der Waals surface area contributed by atoms with Crippen LogP contribution >= 0.6 is 0 Å². The van der Waals surface area contributed by atoms with E-state index in [9.17, 15) is 9.59 Å². The normalized spacial score (nSPS) is 27.5. The smallest absolute Gasteiger partial charge is 0.235 e. The van der Waals surface area contributed by atoms with Crippen molar-refractivity contribution in [2.75, 3.05) is 6.54 Å². The van der Waals surface area contributed by atoms with Gasteiger partial charge < -0.3 is 5.73 Å². The summed E-state index contributed by atoms with van der Waals surface area (Å²) in [4.78, 5) is 24.6. The number of primary amides is 1. The highest BCUT2D eigenvalue weighted by Gasteiger charge is 2.31. The van der Waals surface area contributed by atoms with Gasteiger partial charge in [0.25, 0.3) is 0 Å². The first-order valence-electron chi connectivity index (χ1n) is 6.00. The third-order valence-corrected chi connectivity index (χ3v) is 3.54. The summed E-state index contributed by atoms with van der Waals surface area (Å²) in [5.41, 5.74) is 7.46. The SMILES string of the molecule is CC1CCC(C(N)=O)CN1C(C)CC(=O)NN. The Labute approximate surface area is 102 Å². The van der Waals surface area contributed by atoms with Crippen molar-refractivity contribution < 1.29 is 9.59 Å². The summed E-state index contributed by atoms with van der Waals surface area (Å²) in [5, 5.41) is 0. The molecule has 0 spiro atoms. The third-order valence-electron chi connectivity index (χ3n) is 3.54. The number of likely N-dealkylation sites (tertiary alicyclic amines) is 1. The van der Waals surface area contributed by atoms with Crippen LogP contribution in [-0.2, 0) is 9.59 Å². The standard InChI is InChI=1S/C11H22N4O2/c1-7-3-4-9(11(12)17)6-15(7)8(2)5-10(16)14-13/h7-9H,3-6,13H2,1-2H3,(H2,12,17)(H,14,16). The Kier molecular flexibility index (Phi) is 4.89. The molecule has 0 aromatic heterocycles. The molecule has 1 heterocycles. The van der Waals surface area contributed by atoms with Crippen molar-refractivity contribution in [3.63, 3.8) is 0 Å². The van der Waals surface area contributed by atoms with Crippen molar-refractivity contribution in [2.45, 2.75) is 45.2 Å². The molecule has 0 radical (unpaired) electrons. The van der Waals surface area contributed by atoms with E-state index in [0.717, 1.165) is 12.8 Å². The molecule has 0 aromatic rings. The maximum absolute atomic E-state index is 11.2. The summed E-state index contributed by atoms with van der Waals surface area (Å²) in [7, 11) is 0. The molecule has 3 unspecified atom stereocenters. The fraction of sp³-hybridized carbons (Fsp3) is 0.818. The number of piperidine rings is 1. The van der Waals surface area contributed by atoms with Gasteiger partial charge in [-0.15, -0.1) is 0 Å². The highest BCUT2D eigenvalue weighted by Crippen LogP contribution is 2.24. The fourth-order valence-corrected chi connectivity index (χ4v) is 2.43. The molecule has 3 atom stereocenters. The van der Waals surface area contributed by atoms with E-state index in [-0.39, 0.29) is 23.8 Å². The highest BCUT2D eigenvalue weighted by atomic mass is 16.2. The predicted octanol–water partition coefficient (Wildman–Crippen LogP) is -0.659. The molecule has 0 aliphatic carbocycles. The number of carbonyl (C=O) groups is 2. The van der Waals surface area contributed by atoms with Crippen LogP contribution in [0.2, 0.25) is 0 Å². The zero-order valence-electron chi connectivity index (χ0n) is 10.5. The molecule has 5 N–H and O–H groups in total. The molecule has 1 aliphatic rings. The maximum atomic E-state index is 11.2. The molecule has 1 rings (SSSR count). The minimum absolute atomic E-state index is 0.0655. The van der Waals surface area contributed by atoms with Crippen molar-refractivity contribution in [2.24, 2.45) is 17.5 Å². The lowest BCUT2D eigenvalue weighted by Crippen LogP contribution is -2.51. The van der Waals surface area contributed by atoms with E-state index < -0.39 is 0 Å². The molecule has 6 nitrogen and oxygen atoms in total. The van der Waals surface area contributed by atoms with Gasteiger partial charge >= 0.3 is 0 Å². The van der Waals surface area contributed by atoms with Crippen molar-refractivity contribution in [1.82, 2.24) is 10.3 Å². The monoisotopic (exact) mass is 242 g/mol. The number of carbonyl (C=O) groups excluding carboxylic acids is 2. The number of nitrogens with one attached hydrogen (secondary N) is 1. The number of hydrazine groups is 1. The molecule has 0 aromatic carbocycles. The Morgan fingerprint density at radius 3 is 2.65 bits per heavy atom. The number of nitrogens with two attached hydrogens (primary N) is 2. The van der Waals surface area contributed by atoms with Gasteiger partial charge in [-0.2, -0.15) is 0 Å². The molecule has 17 heavy (non-hydrogen) atoms. The van der Waals surface area contributed by atoms with Gasteiger partial charge in [0, 0.05) is 25.0 Å². The Bertz CT molecular complexity index is 295. The third kappa shape index (κ3) is 3.67. The van der Waals surface area contributed by atoms with E-state index in [0.29, 0.717) is 19.0 Å². The first-order chi connectivity index (χ1) is 7.95. The molecule has 0 bridgehead atoms. The number of nitrogens with zero attached hydrogens (tertiary/aromatic N) is 1. The Balaban J connectivity index is 2.59. The largest absolute Gasteiger partial charge is 0.369 e. The topological polar surface area (TPSA) is 101 Å². The molecule has 1 fully saturated rings. The van der Waals surface area contributed by atoms with Gasteiger partial charge in [-0.05, 0) is 26.7 Å². The van der Waals surface area contributed by atoms with E-state index >= 15 is 0 Å². The van der Waals surface area contributed by atoms with Crippen molar-refractivity contribution >= 4 is 11.8 Å². The van der Waals surface area contributed by atoms with Gasteiger partial charge in [0.2, 0.25) is 11.8 Å². The van der Waals surface area contributed by atoms with Gasteiger partial charge in [0.1, 0.15) is 0 Å². The molecule has 2 amide bonds. The number of rotatable bonds is 4. The van der Waals surface area contributed by atoms with E-state index in [1.165, 1.54) is 0 Å². The second-order valence-electron chi connectivity index (χ2n) is 4.84. The molecule has 0 saturated carbocycles. The van der Waals surface area contributed by atoms with Gasteiger partial charge in [-0.1, -0.05) is 0 Å². The van der Waals surface area contributed by atoms with Crippen LogP contribution in [0.15, 0.2) is 0 Å². The van der Waals surface area contributed by atoms with Gasteiger partial charge in [-0.25, -0.2) is 5.84 Å². The number of amides is 2. The number of hydrogen-bond acceptors (Lipinski definition) is 4. The van der Waals surface area contributed by atoms with Crippen molar-refractivity contribution in [1.29, 1.82) is 0 Å². The summed E-state index contributed by atoms with van der Waals surface area (Å²) in [6.07, 6.45) is 2.11. The van der Waals surface area contributed by atoms with Gasteiger partial charge in [0.05, 0.1) is 5.92 Å². The molecule has 1 saturated heterocycles. The van der Waals surface area contributed by atoms with Crippen LogP contribution in [0.25, 0.3) is 0 Å². The summed E-state index contributed by atoms with van der Waals surface area (Å²) < 4.78 is 0. The Hall–Kier alpha value is -1.14. The van der Waals surface area contributed by atoms with Crippen LogP contribution in [-0.4, -0.2) is 35.3 Å². The summed E-state index contributed by atoms with van der Waals surface area (Å²) >= 11 is 0. The van der Waals surface area contributed by atoms with Crippen LogP contribution < -0.4 is 17.0 Å². The lowest BCUT2D eigenvalue weighted by atomic mass is 9.91. The van der Waals surface area contributed by atoms with Crippen LogP contribution in [0.5, 0.6) is 0 Å². The van der Waals surface area contributed by atoms with E-state index in [1.807, 2.05) is 6.92 Å². The lowest BCUT2D eigenvalue weighted by molar-refractivity contribution is -0.125. The molecule has 98 valence electrons. The minimum Gasteiger partial charge on any atom is -0.369 e. The van der Waals surface area contributed by atoms with Crippen LogP contribution in [0, 0.1) is 5.92 Å². The zero-order valence-corrected chi connectivity index (χ0v) is 10.5.